The van der Waals surface area contributed by atoms with Crippen LogP contribution in [0.1, 0.15) is 25.0 Å². The number of hydrogen-bond acceptors (Lipinski definition) is 5. The van der Waals surface area contributed by atoms with E-state index < -0.39 is 5.60 Å². The average Bonchev–Trinajstić information content (AvgIpc) is 2.57. The lowest BCUT2D eigenvalue weighted by Gasteiger charge is -2.37. The van der Waals surface area contributed by atoms with Crippen LogP contribution in [0.4, 0.5) is 17.3 Å². The molecule has 0 atom stereocenters. The maximum absolute atomic E-state index is 12.8. The van der Waals surface area contributed by atoms with Gasteiger partial charge in [-0.2, -0.15) is 0 Å². The number of nitrogens with zero attached hydrogens (tertiary/aromatic N) is 2. The Morgan fingerprint density at radius 2 is 2.00 bits per heavy atom. The van der Waals surface area contributed by atoms with E-state index in [2.05, 4.69) is 10.3 Å². The quantitative estimate of drug-likeness (QED) is 0.882. The summed E-state index contributed by atoms with van der Waals surface area (Å²) in [4.78, 5) is 30.9. The number of nitrogen functional groups attached to an aromatic ring is 1. The molecule has 1 aromatic carbocycles. The summed E-state index contributed by atoms with van der Waals surface area (Å²) in [7, 11) is 0. The Hall–Kier alpha value is -3.09. The topological polar surface area (TPSA) is 97.5 Å². The molecule has 136 valence electrons. The number of carbonyl (C=O) groups is 2. The number of nitrogens with one attached hydrogen (secondary N) is 1. The molecule has 1 aliphatic heterocycles. The Morgan fingerprint density at radius 1 is 1.27 bits per heavy atom. The molecule has 0 aliphatic carbocycles. The number of hydrogen-bond donors (Lipinski definition) is 2. The van der Waals surface area contributed by atoms with Gasteiger partial charge in [0.15, 0.2) is 17.2 Å². The SMILES string of the molecule is Cc1cccc(NC(=O)CN2C(=O)C(C)(C)Oc3ccc(N)nc32)c1C. The molecule has 0 saturated heterocycles. The minimum Gasteiger partial charge on any atom is -0.474 e. The van der Waals surface area contributed by atoms with Crippen molar-refractivity contribution in [3.05, 3.63) is 41.5 Å². The smallest absolute Gasteiger partial charge is 0.272 e. The van der Waals surface area contributed by atoms with Gasteiger partial charge in [0, 0.05) is 5.69 Å². The van der Waals surface area contributed by atoms with E-state index >= 15 is 0 Å². The number of nitrogens with two attached hydrogens (primary N) is 1. The van der Waals surface area contributed by atoms with Gasteiger partial charge in [0.05, 0.1) is 0 Å². The van der Waals surface area contributed by atoms with Crippen LogP contribution in [-0.4, -0.2) is 28.9 Å². The summed E-state index contributed by atoms with van der Waals surface area (Å²) in [6.45, 7) is 7.05. The van der Waals surface area contributed by atoms with E-state index in [1.54, 1.807) is 26.0 Å². The molecule has 0 saturated carbocycles. The average molecular weight is 354 g/mol. The summed E-state index contributed by atoms with van der Waals surface area (Å²) in [6, 6.07) is 8.93. The van der Waals surface area contributed by atoms with Crippen LogP contribution in [-0.2, 0) is 9.59 Å². The van der Waals surface area contributed by atoms with E-state index in [-0.39, 0.29) is 30.0 Å². The van der Waals surface area contributed by atoms with Crippen LogP contribution in [0.15, 0.2) is 30.3 Å². The Bertz CT molecular complexity index is 892. The zero-order valence-electron chi connectivity index (χ0n) is 15.3. The summed E-state index contributed by atoms with van der Waals surface area (Å²) in [5.41, 5.74) is 7.43. The van der Waals surface area contributed by atoms with E-state index in [9.17, 15) is 9.59 Å². The first-order chi connectivity index (χ1) is 12.2. The van der Waals surface area contributed by atoms with Crippen LogP contribution in [0.2, 0.25) is 0 Å². The second-order valence-corrected chi connectivity index (χ2v) is 6.86. The van der Waals surface area contributed by atoms with Crippen molar-refractivity contribution >= 4 is 29.1 Å². The summed E-state index contributed by atoms with van der Waals surface area (Å²) in [5, 5.41) is 2.86. The first-order valence-corrected chi connectivity index (χ1v) is 8.32. The lowest BCUT2D eigenvalue weighted by molar-refractivity contribution is -0.133. The Labute approximate surface area is 152 Å². The summed E-state index contributed by atoms with van der Waals surface area (Å²) in [6.07, 6.45) is 0. The number of fused-ring (bicyclic) bond motifs is 1. The van der Waals surface area contributed by atoms with Crippen LogP contribution in [0.25, 0.3) is 0 Å². The number of aryl methyl sites for hydroxylation is 1. The number of anilines is 3. The molecule has 0 bridgehead atoms. The second-order valence-electron chi connectivity index (χ2n) is 6.86. The van der Waals surface area contributed by atoms with Gasteiger partial charge in [0.2, 0.25) is 5.91 Å². The van der Waals surface area contributed by atoms with Gasteiger partial charge in [0.25, 0.3) is 5.91 Å². The monoisotopic (exact) mass is 354 g/mol. The largest absolute Gasteiger partial charge is 0.474 e. The maximum atomic E-state index is 12.8. The number of amides is 2. The summed E-state index contributed by atoms with van der Waals surface area (Å²) in [5.74, 6) is 0.257. The Morgan fingerprint density at radius 3 is 2.73 bits per heavy atom. The van der Waals surface area contributed by atoms with Gasteiger partial charge in [-0.05, 0) is 57.0 Å². The highest BCUT2D eigenvalue weighted by Gasteiger charge is 2.42. The van der Waals surface area contributed by atoms with E-state index in [1.807, 2.05) is 32.0 Å². The van der Waals surface area contributed by atoms with Crippen LogP contribution in [0, 0.1) is 13.8 Å². The number of pyridine rings is 1. The first-order valence-electron chi connectivity index (χ1n) is 8.32. The van der Waals surface area contributed by atoms with Crippen molar-refractivity contribution in [1.82, 2.24) is 4.98 Å². The van der Waals surface area contributed by atoms with E-state index in [1.165, 1.54) is 4.90 Å². The molecule has 3 N–H and O–H groups in total. The van der Waals surface area contributed by atoms with Crippen molar-refractivity contribution in [3.63, 3.8) is 0 Å². The summed E-state index contributed by atoms with van der Waals surface area (Å²) < 4.78 is 5.71. The molecule has 2 aromatic rings. The zero-order chi connectivity index (χ0) is 19.1. The number of benzene rings is 1. The molecule has 0 unspecified atom stereocenters. The Balaban J connectivity index is 1.88. The third kappa shape index (κ3) is 3.20. The van der Waals surface area contributed by atoms with Crippen LogP contribution in [0.3, 0.4) is 0 Å². The van der Waals surface area contributed by atoms with Crippen molar-refractivity contribution < 1.29 is 14.3 Å². The van der Waals surface area contributed by atoms with Gasteiger partial charge < -0.3 is 15.8 Å². The van der Waals surface area contributed by atoms with Crippen LogP contribution < -0.4 is 20.7 Å². The van der Waals surface area contributed by atoms with Crippen molar-refractivity contribution in [2.75, 3.05) is 22.5 Å². The standard InChI is InChI=1S/C19H22N4O3/c1-11-6-5-7-13(12(11)2)21-16(24)10-23-17-14(8-9-15(20)22-17)26-19(3,4)18(23)25/h5-9H,10H2,1-4H3,(H2,20,22)(H,21,24). The molecule has 2 heterocycles. The van der Waals surface area contributed by atoms with Gasteiger partial charge in [-0.15, -0.1) is 0 Å². The molecule has 7 nitrogen and oxygen atoms in total. The molecule has 3 rings (SSSR count). The lowest BCUT2D eigenvalue weighted by atomic mass is 10.1. The van der Waals surface area contributed by atoms with E-state index in [0.29, 0.717) is 5.75 Å². The van der Waals surface area contributed by atoms with Gasteiger partial charge in [-0.25, -0.2) is 4.98 Å². The van der Waals surface area contributed by atoms with Gasteiger partial charge in [0.1, 0.15) is 12.4 Å². The van der Waals surface area contributed by atoms with Gasteiger partial charge in [-0.1, -0.05) is 12.1 Å². The maximum Gasteiger partial charge on any atom is 0.272 e. The fourth-order valence-electron chi connectivity index (χ4n) is 2.83. The minimum atomic E-state index is -1.09. The highest BCUT2D eigenvalue weighted by Crippen LogP contribution is 2.36. The second kappa shape index (κ2) is 6.33. The fraction of sp³-hybridized carbons (Fsp3) is 0.316. The molecule has 0 radical (unpaired) electrons. The van der Waals surface area contributed by atoms with Crippen molar-refractivity contribution in [3.8, 4) is 5.75 Å². The van der Waals surface area contributed by atoms with E-state index in [4.69, 9.17) is 10.5 Å². The first kappa shape index (κ1) is 17.7. The number of ether oxygens (including phenoxy) is 1. The molecule has 0 spiro atoms. The molecular formula is C19H22N4O3. The molecular weight excluding hydrogens is 332 g/mol. The number of carbonyl (C=O) groups excluding carboxylic acids is 2. The highest BCUT2D eigenvalue weighted by molar-refractivity contribution is 6.07. The molecule has 26 heavy (non-hydrogen) atoms. The molecule has 0 fully saturated rings. The van der Waals surface area contributed by atoms with Gasteiger partial charge in [-0.3, -0.25) is 14.5 Å². The Kier molecular flexibility index (Phi) is 4.31. The molecule has 2 amide bonds. The van der Waals surface area contributed by atoms with Crippen molar-refractivity contribution in [2.24, 2.45) is 0 Å². The third-order valence-corrected chi connectivity index (χ3v) is 4.42. The molecule has 1 aromatic heterocycles. The number of aromatic nitrogens is 1. The number of rotatable bonds is 3. The predicted octanol–water partition coefficient (Wildman–Crippen LogP) is 2.42. The lowest BCUT2D eigenvalue weighted by Crippen LogP contribution is -2.54. The van der Waals surface area contributed by atoms with E-state index in [0.717, 1.165) is 16.8 Å². The summed E-state index contributed by atoms with van der Waals surface area (Å²) >= 11 is 0. The zero-order valence-corrected chi connectivity index (χ0v) is 15.3. The molecule has 1 aliphatic rings. The minimum absolute atomic E-state index is 0.178. The fourth-order valence-corrected chi connectivity index (χ4v) is 2.83. The van der Waals surface area contributed by atoms with Crippen LogP contribution >= 0.6 is 0 Å². The van der Waals surface area contributed by atoms with Gasteiger partial charge >= 0.3 is 0 Å². The normalized spacial score (nSPS) is 15.2. The third-order valence-electron chi connectivity index (χ3n) is 4.42. The van der Waals surface area contributed by atoms with Crippen molar-refractivity contribution in [1.29, 1.82) is 0 Å². The van der Waals surface area contributed by atoms with Crippen LogP contribution in [0.5, 0.6) is 5.75 Å². The highest BCUT2D eigenvalue weighted by atomic mass is 16.5. The molecule has 7 heteroatoms. The van der Waals surface area contributed by atoms with Crippen molar-refractivity contribution in [2.45, 2.75) is 33.3 Å². The predicted molar refractivity (Wildman–Crippen MR) is 100 cm³/mol.